The van der Waals surface area contributed by atoms with Crippen molar-refractivity contribution in [3.8, 4) is 10.8 Å². The molecular weight excluding hydrogens is 655 g/mol. The van der Waals surface area contributed by atoms with Crippen LogP contribution in [0.25, 0.3) is 15.2 Å². The highest BCUT2D eigenvalue weighted by atomic mass is 32.1. The standard InChI is InChI=1S/C25H29FN6O4S.C9H16O3/c1-14(2)29-23(34)25(4,5)31-20(33)19-15(3)21(32-27-10-11-28-32)37-22(19)30(24(31)35)12-9-16-13-17(26)7-8-18(16)36-6;1-2-12-9(11)7-3-5-8(10)6-4-7/h7-8,10-11,13-14H,9,12H2,1-6H3,(H,29,34);7-8,10H,2-6H2,1H3. The number of ether oxygens (including phenoxy) is 2. The fourth-order valence-corrected chi connectivity index (χ4v) is 7.06. The molecule has 0 spiro atoms. The number of nitrogens with zero attached hydrogens (tertiary/aromatic N) is 5. The number of methoxy groups -OCH3 is 1. The molecule has 3 aromatic heterocycles. The van der Waals surface area contributed by atoms with Crippen LogP contribution in [0.2, 0.25) is 0 Å². The van der Waals surface area contributed by atoms with Crippen molar-refractivity contribution in [1.29, 1.82) is 0 Å². The highest BCUT2D eigenvalue weighted by Gasteiger charge is 2.36. The number of hydrogen-bond acceptors (Lipinski definition) is 10. The number of aliphatic hydroxyl groups is 1. The Hall–Kier alpha value is -4.37. The maximum Gasteiger partial charge on any atom is 0.333 e. The molecule has 1 aromatic carbocycles. The molecule has 266 valence electrons. The molecule has 1 amide bonds. The number of hydrogen-bond donors (Lipinski definition) is 2. The normalized spacial score (nSPS) is 16.3. The molecule has 0 aliphatic heterocycles. The second-order valence-electron chi connectivity index (χ2n) is 12.8. The third-order valence-corrected chi connectivity index (χ3v) is 9.77. The zero-order valence-corrected chi connectivity index (χ0v) is 29.8. The molecule has 1 aliphatic rings. The van der Waals surface area contributed by atoms with E-state index in [1.165, 1.54) is 72.3 Å². The Labute approximate surface area is 287 Å². The first-order valence-corrected chi connectivity index (χ1v) is 17.2. The molecule has 1 aliphatic carbocycles. The van der Waals surface area contributed by atoms with Crippen molar-refractivity contribution in [3.63, 3.8) is 0 Å². The topological polar surface area (TPSA) is 160 Å². The van der Waals surface area contributed by atoms with Crippen molar-refractivity contribution in [1.82, 2.24) is 29.4 Å². The summed E-state index contributed by atoms with van der Waals surface area (Å²) in [6.07, 6.45) is 6.12. The van der Waals surface area contributed by atoms with E-state index in [2.05, 4.69) is 15.5 Å². The fraction of sp³-hybridized carbons (Fsp3) is 0.529. The number of rotatable bonds is 10. The summed E-state index contributed by atoms with van der Waals surface area (Å²) in [6, 6.07) is 4.00. The van der Waals surface area contributed by atoms with E-state index in [9.17, 15) is 28.7 Å². The summed E-state index contributed by atoms with van der Waals surface area (Å²) in [5.41, 5.74) is -1.54. The summed E-state index contributed by atoms with van der Waals surface area (Å²) in [5, 5.41) is 21.2. The van der Waals surface area contributed by atoms with Gasteiger partial charge in [-0.2, -0.15) is 10.2 Å². The van der Waals surface area contributed by atoms with Gasteiger partial charge in [0.15, 0.2) is 0 Å². The Morgan fingerprint density at radius 3 is 2.39 bits per heavy atom. The number of carbonyl (C=O) groups is 2. The minimum Gasteiger partial charge on any atom is -0.496 e. The summed E-state index contributed by atoms with van der Waals surface area (Å²) in [4.78, 5) is 53.8. The Morgan fingerprint density at radius 2 is 1.80 bits per heavy atom. The highest BCUT2D eigenvalue weighted by molar-refractivity contribution is 7.21. The zero-order valence-electron chi connectivity index (χ0n) is 29.0. The summed E-state index contributed by atoms with van der Waals surface area (Å²) >= 11 is 1.20. The molecule has 1 saturated carbocycles. The maximum atomic E-state index is 14.0. The van der Waals surface area contributed by atoms with Crippen molar-refractivity contribution < 1.29 is 28.6 Å². The van der Waals surface area contributed by atoms with Gasteiger partial charge in [0, 0.05) is 18.2 Å². The maximum absolute atomic E-state index is 14.0. The van der Waals surface area contributed by atoms with Gasteiger partial charge < -0.3 is 19.9 Å². The molecule has 5 rings (SSSR count). The Morgan fingerprint density at radius 1 is 1.14 bits per heavy atom. The first-order valence-electron chi connectivity index (χ1n) is 16.3. The molecular formula is C34H45FN6O7S. The number of carbonyl (C=O) groups excluding carboxylic acids is 2. The molecule has 0 radical (unpaired) electrons. The van der Waals surface area contributed by atoms with Crippen LogP contribution in [0.1, 0.15) is 71.4 Å². The number of nitrogens with one attached hydrogen (secondary N) is 1. The van der Waals surface area contributed by atoms with Crippen molar-refractivity contribution in [2.24, 2.45) is 5.92 Å². The number of benzene rings is 1. The van der Waals surface area contributed by atoms with Gasteiger partial charge in [-0.15, -0.1) is 4.80 Å². The van der Waals surface area contributed by atoms with Crippen LogP contribution >= 0.6 is 11.3 Å². The number of amides is 1. The van der Waals surface area contributed by atoms with Crippen LogP contribution in [0.5, 0.6) is 5.75 Å². The average Bonchev–Trinajstić information content (AvgIpc) is 3.70. The lowest BCUT2D eigenvalue weighted by Gasteiger charge is -2.27. The summed E-state index contributed by atoms with van der Waals surface area (Å²) < 4.78 is 26.7. The van der Waals surface area contributed by atoms with Gasteiger partial charge in [0.1, 0.15) is 26.9 Å². The fourth-order valence-electron chi connectivity index (χ4n) is 5.82. The van der Waals surface area contributed by atoms with Crippen LogP contribution in [0.15, 0.2) is 40.2 Å². The summed E-state index contributed by atoms with van der Waals surface area (Å²) in [5.74, 6) is -0.456. The molecule has 0 atom stereocenters. The largest absolute Gasteiger partial charge is 0.496 e. The third kappa shape index (κ3) is 8.27. The lowest BCUT2D eigenvalue weighted by atomic mass is 9.88. The monoisotopic (exact) mass is 700 g/mol. The highest BCUT2D eigenvalue weighted by Crippen LogP contribution is 2.31. The number of aliphatic hydroxyl groups excluding tert-OH is 1. The Kier molecular flexibility index (Phi) is 12.1. The van der Waals surface area contributed by atoms with Gasteiger partial charge in [-0.3, -0.25) is 19.0 Å². The van der Waals surface area contributed by atoms with Crippen molar-refractivity contribution in [2.75, 3.05) is 13.7 Å². The number of fused-ring (bicyclic) bond motifs is 1. The first-order chi connectivity index (χ1) is 23.2. The van der Waals surface area contributed by atoms with E-state index in [1.54, 1.807) is 20.8 Å². The second-order valence-corrected chi connectivity index (χ2v) is 13.7. The minimum absolute atomic E-state index is 0.0355. The molecule has 4 aromatic rings. The van der Waals surface area contributed by atoms with Crippen molar-refractivity contribution in [2.45, 2.75) is 97.9 Å². The molecule has 13 nitrogen and oxygen atoms in total. The molecule has 49 heavy (non-hydrogen) atoms. The van der Waals surface area contributed by atoms with Crippen LogP contribution in [0.3, 0.4) is 0 Å². The van der Waals surface area contributed by atoms with Gasteiger partial charge in [-0.25, -0.2) is 13.8 Å². The molecule has 2 N–H and O–H groups in total. The molecule has 15 heteroatoms. The number of aryl methyl sites for hydroxylation is 3. The molecule has 0 saturated heterocycles. The number of esters is 1. The predicted molar refractivity (Wildman–Crippen MR) is 184 cm³/mol. The van der Waals surface area contributed by atoms with Crippen molar-refractivity contribution in [3.05, 3.63) is 68.4 Å². The van der Waals surface area contributed by atoms with Gasteiger partial charge in [0.05, 0.1) is 43.5 Å². The van der Waals surface area contributed by atoms with Crippen LogP contribution in [0, 0.1) is 18.7 Å². The van der Waals surface area contributed by atoms with Crippen LogP contribution in [-0.4, -0.2) is 67.0 Å². The van der Waals surface area contributed by atoms with Crippen LogP contribution < -0.4 is 21.3 Å². The molecule has 3 heterocycles. The summed E-state index contributed by atoms with van der Waals surface area (Å²) in [7, 11) is 1.49. The van der Waals surface area contributed by atoms with Gasteiger partial charge in [0.2, 0.25) is 5.91 Å². The number of thiophene rings is 1. The molecule has 1 fully saturated rings. The van der Waals surface area contributed by atoms with E-state index in [-0.39, 0.29) is 37.0 Å². The Balaban J connectivity index is 0.000000380. The third-order valence-electron chi connectivity index (χ3n) is 8.49. The number of halogens is 1. The lowest BCUT2D eigenvalue weighted by Crippen LogP contribution is -2.56. The predicted octanol–water partition coefficient (Wildman–Crippen LogP) is 3.86. The quantitative estimate of drug-likeness (QED) is 0.234. The van der Waals surface area contributed by atoms with E-state index in [4.69, 9.17) is 9.47 Å². The molecule has 0 bridgehead atoms. The molecule has 0 unspecified atom stereocenters. The van der Waals surface area contributed by atoms with E-state index in [0.29, 0.717) is 38.7 Å². The zero-order chi connectivity index (χ0) is 36.0. The smallest absolute Gasteiger partial charge is 0.333 e. The van der Waals surface area contributed by atoms with Crippen molar-refractivity contribution >= 4 is 33.4 Å². The lowest BCUT2D eigenvalue weighted by molar-refractivity contribution is -0.149. The van der Waals surface area contributed by atoms with E-state index in [1.807, 2.05) is 6.92 Å². The average molecular weight is 701 g/mol. The summed E-state index contributed by atoms with van der Waals surface area (Å²) in [6.45, 7) is 10.8. The number of aromatic nitrogens is 5. The Bertz CT molecular complexity index is 1890. The van der Waals surface area contributed by atoms with Gasteiger partial charge in [0.25, 0.3) is 5.56 Å². The van der Waals surface area contributed by atoms with Crippen LogP contribution in [0.4, 0.5) is 4.39 Å². The van der Waals surface area contributed by atoms with Gasteiger partial charge >= 0.3 is 11.7 Å². The van der Waals surface area contributed by atoms with E-state index >= 15 is 0 Å². The van der Waals surface area contributed by atoms with Gasteiger partial charge in [-0.05, 0) is 97.4 Å². The minimum atomic E-state index is -1.48. The van der Waals surface area contributed by atoms with E-state index in [0.717, 1.165) is 30.3 Å². The van der Waals surface area contributed by atoms with Crippen LogP contribution in [-0.2, 0) is 32.8 Å². The second kappa shape index (κ2) is 15.9. The van der Waals surface area contributed by atoms with Gasteiger partial charge in [-0.1, -0.05) is 11.3 Å². The first kappa shape index (κ1) is 37.4. The SMILES string of the molecule is CCOC(=O)C1CCC(O)CC1.COc1ccc(F)cc1CCn1c(=O)n(C(C)(C)C(=O)NC(C)C)c(=O)c2c(C)c(-n3nccn3)sc21. The van der Waals surface area contributed by atoms with E-state index < -0.39 is 28.5 Å².